The maximum absolute atomic E-state index is 2.31. The van der Waals surface area contributed by atoms with Gasteiger partial charge in [-0.15, -0.1) is 0 Å². The Balaban J connectivity index is 1.44. The highest BCUT2D eigenvalue weighted by atomic mass is 15.1. The van der Waals surface area contributed by atoms with Crippen molar-refractivity contribution in [1.29, 1.82) is 0 Å². The van der Waals surface area contributed by atoms with Gasteiger partial charge >= 0.3 is 0 Å². The van der Waals surface area contributed by atoms with Gasteiger partial charge in [0, 0.05) is 23.0 Å². The Morgan fingerprint density at radius 1 is 0.375 bits per heavy atom. The first kappa shape index (κ1) is 18.7. The van der Waals surface area contributed by atoms with Crippen molar-refractivity contribution in [1.82, 2.24) is 0 Å². The highest BCUT2D eigenvalue weighted by Gasteiger charge is 2.29. The predicted molar refractivity (Wildman–Crippen MR) is 134 cm³/mol. The van der Waals surface area contributed by atoms with Crippen molar-refractivity contribution >= 4 is 17.1 Å². The summed E-state index contributed by atoms with van der Waals surface area (Å²) in [6.45, 7) is 0. The summed E-state index contributed by atoms with van der Waals surface area (Å²) >= 11 is 0. The second-order valence-corrected chi connectivity index (χ2v) is 8.21. The smallest absolute Gasteiger partial charge is 0.0461 e. The summed E-state index contributed by atoms with van der Waals surface area (Å²) in [4.78, 5) is 2.31. The Kier molecular flexibility index (Phi) is 4.58. The number of benzene rings is 5. The number of nitrogens with zero attached hydrogens (tertiary/aromatic N) is 1. The monoisotopic (exact) mass is 409 g/mol. The fraction of sp³-hybridized carbons (Fsp3) is 0.0323. The lowest BCUT2D eigenvalue weighted by molar-refractivity contribution is 1.01. The van der Waals surface area contributed by atoms with Crippen LogP contribution < -0.4 is 4.90 Å². The molecule has 0 amide bonds. The third-order valence-electron chi connectivity index (χ3n) is 6.35. The molecular weight excluding hydrogens is 386 g/mol. The van der Waals surface area contributed by atoms with Gasteiger partial charge in [-0.3, -0.25) is 0 Å². The minimum Gasteiger partial charge on any atom is -0.311 e. The molecule has 6 rings (SSSR count). The summed E-state index contributed by atoms with van der Waals surface area (Å²) in [6, 6.07) is 47.8. The molecule has 1 aliphatic rings. The number of hydrogen-bond donors (Lipinski definition) is 0. The summed E-state index contributed by atoms with van der Waals surface area (Å²) in [7, 11) is 0. The van der Waals surface area contributed by atoms with Gasteiger partial charge in [-0.1, -0.05) is 97.1 Å². The lowest BCUT2D eigenvalue weighted by Gasteiger charge is -2.26. The molecule has 0 saturated carbocycles. The fourth-order valence-electron chi connectivity index (χ4n) is 4.93. The van der Waals surface area contributed by atoms with Crippen molar-refractivity contribution in [2.45, 2.75) is 5.92 Å². The molecule has 152 valence electrons. The first-order valence-corrected chi connectivity index (χ1v) is 11.1. The van der Waals surface area contributed by atoms with Crippen LogP contribution in [0.5, 0.6) is 0 Å². The molecule has 0 aliphatic heterocycles. The van der Waals surface area contributed by atoms with E-state index >= 15 is 0 Å². The van der Waals surface area contributed by atoms with Crippen LogP contribution in [0.25, 0.3) is 11.1 Å². The second kappa shape index (κ2) is 7.86. The lowest BCUT2D eigenvalue weighted by atomic mass is 9.89. The first-order chi connectivity index (χ1) is 15.9. The Hall–Kier alpha value is -4.10. The van der Waals surface area contributed by atoms with Crippen LogP contribution in [0.1, 0.15) is 22.6 Å². The van der Waals surface area contributed by atoms with E-state index in [-0.39, 0.29) is 5.92 Å². The van der Waals surface area contributed by atoms with Gasteiger partial charge in [0.25, 0.3) is 0 Å². The van der Waals surface area contributed by atoms with Gasteiger partial charge in [0.2, 0.25) is 0 Å². The molecule has 1 nitrogen and oxygen atoms in total. The van der Waals surface area contributed by atoms with Gasteiger partial charge in [-0.05, 0) is 64.2 Å². The third kappa shape index (κ3) is 3.11. The zero-order valence-electron chi connectivity index (χ0n) is 17.7. The Labute approximate surface area is 189 Å². The molecule has 0 aromatic heterocycles. The number of anilines is 3. The largest absolute Gasteiger partial charge is 0.311 e. The molecular formula is C31H23N. The second-order valence-electron chi connectivity index (χ2n) is 8.21. The van der Waals surface area contributed by atoms with E-state index in [1.807, 2.05) is 0 Å². The van der Waals surface area contributed by atoms with Crippen molar-refractivity contribution in [2.24, 2.45) is 0 Å². The van der Waals surface area contributed by atoms with Crippen molar-refractivity contribution in [3.63, 3.8) is 0 Å². The molecule has 1 aliphatic carbocycles. The van der Waals surface area contributed by atoms with Crippen molar-refractivity contribution in [3.05, 3.63) is 150 Å². The number of rotatable bonds is 4. The van der Waals surface area contributed by atoms with Gasteiger partial charge < -0.3 is 4.90 Å². The van der Waals surface area contributed by atoms with Crippen LogP contribution in [-0.4, -0.2) is 0 Å². The summed E-state index contributed by atoms with van der Waals surface area (Å²) in [5.41, 5.74) is 10.3. The minimum atomic E-state index is 0.276. The highest BCUT2D eigenvalue weighted by Crippen LogP contribution is 2.48. The van der Waals surface area contributed by atoms with Gasteiger partial charge in [0.05, 0.1) is 0 Å². The standard InChI is InChI=1S/C31H23N/c1-3-11-24(12-4-1)32(25-13-5-2-6-14-25)26-21-19-23(20-22-26)31-29-17-9-7-15-27(29)28-16-8-10-18-30(28)31/h1-22,31H. The molecule has 0 saturated heterocycles. The average molecular weight is 410 g/mol. The van der Waals surface area contributed by atoms with E-state index < -0.39 is 0 Å². The maximum atomic E-state index is 2.31. The van der Waals surface area contributed by atoms with Crippen LogP contribution in [-0.2, 0) is 0 Å². The summed E-state index contributed by atoms with van der Waals surface area (Å²) in [6.07, 6.45) is 0. The zero-order valence-corrected chi connectivity index (χ0v) is 17.7. The van der Waals surface area contributed by atoms with E-state index in [0.29, 0.717) is 0 Å². The SMILES string of the molecule is c1ccc(N(c2ccccc2)c2ccc(C3c4ccccc4-c4ccccc43)cc2)cc1. The molecule has 0 N–H and O–H groups in total. The van der Waals surface area contributed by atoms with Gasteiger partial charge in [0.15, 0.2) is 0 Å². The van der Waals surface area contributed by atoms with Crippen LogP contribution in [0.15, 0.2) is 133 Å². The Bertz CT molecular complexity index is 1250. The van der Waals surface area contributed by atoms with Crippen LogP contribution in [0.2, 0.25) is 0 Å². The van der Waals surface area contributed by atoms with Crippen LogP contribution in [0, 0.1) is 0 Å². The molecule has 32 heavy (non-hydrogen) atoms. The number of para-hydroxylation sites is 2. The number of hydrogen-bond acceptors (Lipinski definition) is 1. The molecule has 0 spiro atoms. The molecule has 5 aromatic rings. The molecule has 0 radical (unpaired) electrons. The van der Waals surface area contributed by atoms with Gasteiger partial charge in [0.1, 0.15) is 0 Å². The van der Waals surface area contributed by atoms with E-state index in [1.54, 1.807) is 0 Å². The van der Waals surface area contributed by atoms with E-state index in [0.717, 1.165) is 17.1 Å². The summed E-state index contributed by atoms with van der Waals surface area (Å²) < 4.78 is 0. The average Bonchev–Trinajstić information content (AvgIpc) is 3.21. The predicted octanol–water partition coefficient (Wildman–Crippen LogP) is 8.32. The van der Waals surface area contributed by atoms with E-state index in [1.165, 1.54) is 27.8 Å². The highest BCUT2D eigenvalue weighted by molar-refractivity contribution is 5.81. The molecule has 0 atom stereocenters. The normalized spacial score (nSPS) is 12.2. The van der Waals surface area contributed by atoms with Crippen LogP contribution in [0.3, 0.4) is 0 Å². The fourth-order valence-corrected chi connectivity index (χ4v) is 4.93. The minimum absolute atomic E-state index is 0.276. The van der Waals surface area contributed by atoms with Crippen LogP contribution >= 0.6 is 0 Å². The van der Waals surface area contributed by atoms with E-state index in [9.17, 15) is 0 Å². The molecule has 0 fully saturated rings. The van der Waals surface area contributed by atoms with E-state index in [2.05, 4.69) is 138 Å². The topological polar surface area (TPSA) is 3.24 Å². The molecule has 0 bridgehead atoms. The molecule has 1 heteroatoms. The molecule has 0 heterocycles. The molecule has 5 aromatic carbocycles. The molecule has 0 unspecified atom stereocenters. The number of fused-ring (bicyclic) bond motifs is 3. The maximum Gasteiger partial charge on any atom is 0.0461 e. The Morgan fingerprint density at radius 2 is 0.781 bits per heavy atom. The summed E-state index contributed by atoms with van der Waals surface area (Å²) in [5, 5.41) is 0. The Morgan fingerprint density at radius 3 is 1.28 bits per heavy atom. The zero-order chi connectivity index (χ0) is 21.3. The lowest BCUT2D eigenvalue weighted by Crippen LogP contribution is -2.10. The summed E-state index contributed by atoms with van der Waals surface area (Å²) in [5.74, 6) is 0.276. The van der Waals surface area contributed by atoms with E-state index in [4.69, 9.17) is 0 Å². The van der Waals surface area contributed by atoms with Crippen molar-refractivity contribution in [3.8, 4) is 11.1 Å². The quantitative estimate of drug-likeness (QED) is 0.283. The first-order valence-electron chi connectivity index (χ1n) is 11.1. The van der Waals surface area contributed by atoms with Crippen LogP contribution in [0.4, 0.5) is 17.1 Å². The van der Waals surface area contributed by atoms with Crippen molar-refractivity contribution < 1.29 is 0 Å². The van der Waals surface area contributed by atoms with Gasteiger partial charge in [-0.2, -0.15) is 0 Å². The third-order valence-corrected chi connectivity index (χ3v) is 6.35. The van der Waals surface area contributed by atoms with Gasteiger partial charge in [-0.25, -0.2) is 0 Å². The van der Waals surface area contributed by atoms with Crippen molar-refractivity contribution in [2.75, 3.05) is 4.90 Å².